The maximum Gasteiger partial charge on any atom is 0.573 e. The lowest BCUT2D eigenvalue weighted by Crippen LogP contribution is -2.48. The van der Waals surface area contributed by atoms with Crippen LogP contribution in [0.5, 0.6) is 11.5 Å². The Morgan fingerprint density at radius 2 is 1.96 bits per heavy atom. The third-order valence-corrected chi connectivity index (χ3v) is 3.99. The molecule has 1 aromatic carbocycles. The molecule has 1 aromatic heterocycles. The van der Waals surface area contributed by atoms with Crippen LogP contribution in [0, 0.1) is 5.82 Å². The number of aromatic nitrogens is 1. The summed E-state index contributed by atoms with van der Waals surface area (Å²) in [5, 5.41) is 2.79. The zero-order valence-corrected chi connectivity index (χ0v) is 14.2. The number of hydrogen-bond acceptors (Lipinski definition) is 4. The van der Waals surface area contributed by atoms with E-state index >= 15 is 0 Å². The van der Waals surface area contributed by atoms with E-state index in [4.69, 9.17) is 4.74 Å². The van der Waals surface area contributed by atoms with Gasteiger partial charge in [0.25, 0.3) is 0 Å². The second-order valence-electron chi connectivity index (χ2n) is 6.18. The van der Waals surface area contributed by atoms with E-state index in [9.17, 15) is 22.4 Å². The maximum absolute atomic E-state index is 13.9. The van der Waals surface area contributed by atoms with Crippen molar-refractivity contribution in [2.24, 2.45) is 0 Å². The van der Waals surface area contributed by atoms with Crippen molar-refractivity contribution in [2.45, 2.75) is 38.3 Å². The Bertz CT molecular complexity index is 836. The molecule has 1 N–H and O–H groups in total. The molecule has 9 heteroatoms. The Hall–Kier alpha value is -2.84. The van der Waals surface area contributed by atoms with E-state index in [0.29, 0.717) is 24.3 Å². The van der Waals surface area contributed by atoms with Crippen molar-refractivity contribution in [2.75, 3.05) is 0 Å². The molecule has 0 radical (unpaired) electrons. The number of nitrogens with one attached hydrogen (secondary N) is 1. The van der Waals surface area contributed by atoms with E-state index in [0.717, 1.165) is 12.1 Å². The molecular formula is C18H16F4N2O3. The molecule has 0 saturated heterocycles. The number of nitrogens with zero attached hydrogens (tertiary/aromatic N) is 1. The first-order valence-electron chi connectivity index (χ1n) is 8.15. The van der Waals surface area contributed by atoms with Crippen LogP contribution in [0.25, 0.3) is 11.3 Å². The number of alkyl halides is 3. The number of rotatable bonds is 5. The molecule has 0 bridgehead atoms. The van der Waals surface area contributed by atoms with Gasteiger partial charge in [0.15, 0.2) is 11.6 Å². The minimum atomic E-state index is -4.97. The molecule has 1 saturated carbocycles. The van der Waals surface area contributed by atoms with Crippen molar-refractivity contribution < 1.29 is 31.8 Å². The Labute approximate surface area is 152 Å². The summed E-state index contributed by atoms with van der Waals surface area (Å²) in [6, 6.07) is 6.40. The summed E-state index contributed by atoms with van der Waals surface area (Å²) in [6.07, 6.45) is -2.21. The highest BCUT2D eigenvalue weighted by Crippen LogP contribution is 2.31. The highest BCUT2D eigenvalue weighted by molar-refractivity contribution is 5.73. The lowest BCUT2D eigenvalue weighted by Gasteiger charge is -2.35. The Morgan fingerprint density at radius 3 is 2.59 bits per heavy atom. The summed E-state index contributed by atoms with van der Waals surface area (Å²) in [7, 11) is 0. The number of amides is 1. The smallest absolute Gasteiger partial charge is 0.490 e. The van der Waals surface area contributed by atoms with Crippen LogP contribution in [-0.2, 0) is 4.79 Å². The van der Waals surface area contributed by atoms with Crippen molar-refractivity contribution in [1.29, 1.82) is 0 Å². The number of benzene rings is 1. The van der Waals surface area contributed by atoms with Crippen LogP contribution >= 0.6 is 0 Å². The van der Waals surface area contributed by atoms with Crippen molar-refractivity contribution in [3.8, 4) is 22.8 Å². The van der Waals surface area contributed by atoms with E-state index < -0.39 is 17.9 Å². The SMILES string of the molecule is CC(=O)N[C@H]1C[C@@H](Oc2ccnc(-c3ccc(OC(F)(F)F)c(F)c3)c2)C1. The number of hydrogen-bond donors (Lipinski definition) is 1. The fraction of sp³-hybridized carbons (Fsp3) is 0.333. The standard InChI is InChI=1S/C18H16F4N2O3/c1-10(25)24-12-7-14(8-12)26-13-4-5-23-16(9-13)11-2-3-17(15(19)6-11)27-18(20,21)22/h2-6,9,12,14H,7-8H2,1H3,(H,24,25)/t12-,14+. The van der Waals surface area contributed by atoms with Gasteiger partial charge in [0.1, 0.15) is 11.9 Å². The molecule has 0 unspecified atom stereocenters. The molecule has 144 valence electrons. The van der Waals surface area contributed by atoms with E-state index in [1.807, 2.05) is 0 Å². The van der Waals surface area contributed by atoms with Crippen LogP contribution in [-0.4, -0.2) is 29.4 Å². The highest BCUT2D eigenvalue weighted by atomic mass is 19.4. The van der Waals surface area contributed by atoms with E-state index in [1.165, 1.54) is 19.2 Å². The third-order valence-electron chi connectivity index (χ3n) is 3.99. The van der Waals surface area contributed by atoms with Gasteiger partial charge < -0.3 is 14.8 Å². The lowest BCUT2D eigenvalue weighted by atomic mass is 9.89. The fourth-order valence-electron chi connectivity index (χ4n) is 2.77. The van der Waals surface area contributed by atoms with Gasteiger partial charge in [-0.1, -0.05) is 0 Å². The second kappa shape index (κ2) is 7.42. The summed E-state index contributed by atoms with van der Waals surface area (Å²) in [6.45, 7) is 1.45. The molecule has 1 fully saturated rings. The predicted octanol–water partition coefficient (Wildman–Crippen LogP) is 3.83. The van der Waals surface area contributed by atoms with Crippen LogP contribution in [0.3, 0.4) is 0 Å². The topological polar surface area (TPSA) is 60.5 Å². The van der Waals surface area contributed by atoms with Gasteiger partial charge in [-0.2, -0.15) is 0 Å². The van der Waals surface area contributed by atoms with Gasteiger partial charge in [-0.15, -0.1) is 13.2 Å². The number of pyridine rings is 1. The molecule has 1 amide bonds. The fourth-order valence-corrected chi connectivity index (χ4v) is 2.77. The molecule has 0 aliphatic heterocycles. The molecule has 1 heterocycles. The molecule has 1 aliphatic carbocycles. The Morgan fingerprint density at radius 1 is 1.22 bits per heavy atom. The minimum Gasteiger partial charge on any atom is -0.490 e. The van der Waals surface area contributed by atoms with Gasteiger partial charge in [-0.25, -0.2) is 4.39 Å². The van der Waals surface area contributed by atoms with Gasteiger partial charge in [0, 0.05) is 43.6 Å². The first-order valence-corrected chi connectivity index (χ1v) is 8.15. The van der Waals surface area contributed by atoms with Crippen LogP contribution in [0.4, 0.5) is 17.6 Å². The second-order valence-corrected chi connectivity index (χ2v) is 6.18. The molecule has 0 atom stereocenters. The molecule has 27 heavy (non-hydrogen) atoms. The van der Waals surface area contributed by atoms with Crippen LogP contribution < -0.4 is 14.8 Å². The number of carbonyl (C=O) groups is 1. The number of carbonyl (C=O) groups excluding carboxylic acids is 1. The number of halogens is 4. The number of ether oxygens (including phenoxy) is 2. The van der Waals surface area contributed by atoms with Crippen molar-refractivity contribution in [1.82, 2.24) is 10.3 Å². The summed E-state index contributed by atoms with van der Waals surface area (Å²) < 4.78 is 59.9. The maximum atomic E-state index is 13.9. The largest absolute Gasteiger partial charge is 0.573 e. The van der Waals surface area contributed by atoms with Gasteiger partial charge in [0.2, 0.25) is 5.91 Å². The quantitative estimate of drug-likeness (QED) is 0.796. The molecule has 1 aliphatic rings. The average Bonchev–Trinajstić information content (AvgIpc) is 2.53. The third kappa shape index (κ3) is 5.08. The van der Waals surface area contributed by atoms with Crippen LogP contribution in [0.15, 0.2) is 36.5 Å². The first kappa shape index (κ1) is 18.9. The van der Waals surface area contributed by atoms with E-state index in [2.05, 4.69) is 15.0 Å². The summed E-state index contributed by atoms with van der Waals surface area (Å²) in [5.74, 6) is -1.64. The molecule has 2 aromatic rings. The lowest BCUT2D eigenvalue weighted by molar-refractivity contribution is -0.275. The van der Waals surface area contributed by atoms with Crippen molar-refractivity contribution in [3.63, 3.8) is 0 Å². The molecule has 0 spiro atoms. The molecule has 5 nitrogen and oxygen atoms in total. The van der Waals surface area contributed by atoms with Gasteiger partial charge in [-0.05, 0) is 24.3 Å². The van der Waals surface area contributed by atoms with Crippen LogP contribution in [0.1, 0.15) is 19.8 Å². The first-order chi connectivity index (χ1) is 12.7. The minimum absolute atomic E-state index is 0.0589. The Balaban J connectivity index is 1.67. The Kier molecular flexibility index (Phi) is 5.20. The monoisotopic (exact) mass is 384 g/mol. The van der Waals surface area contributed by atoms with Gasteiger partial charge in [-0.3, -0.25) is 9.78 Å². The molecular weight excluding hydrogens is 368 g/mol. The van der Waals surface area contributed by atoms with Gasteiger partial charge >= 0.3 is 6.36 Å². The van der Waals surface area contributed by atoms with Crippen molar-refractivity contribution in [3.05, 3.63) is 42.3 Å². The van der Waals surface area contributed by atoms with Crippen molar-refractivity contribution >= 4 is 5.91 Å². The summed E-state index contributed by atoms with van der Waals surface area (Å²) >= 11 is 0. The average molecular weight is 384 g/mol. The van der Waals surface area contributed by atoms with E-state index in [1.54, 1.807) is 12.1 Å². The summed E-state index contributed by atoms with van der Waals surface area (Å²) in [4.78, 5) is 15.1. The normalized spacial score (nSPS) is 19.1. The highest BCUT2D eigenvalue weighted by Gasteiger charge is 2.33. The molecule has 3 rings (SSSR count). The van der Waals surface area contributed by atoms with Gasteiger partial charge in [0.05, 0.1) is 5.69 Å². The predicted molar refractivity (Wildman–Crippen MR) is 87.6 cm³/mol. The zero-order valence-electron chi connectivity index (χ0n) is 14.2. The van der Waals surface area contributed by atoms with E-state index in [-0.39, 0.29) is 23.6 Å². The van der Waals surface area contributed by atoms with Crippen LogP contribution in [0.2, 0.25) is 0 Å². The summed E-state index contributed by atoms with van der Waals surface area (Å²) in [5.41, 5.74) is 0.639. The zero-order chi connectivity index (χ0) is 19.6.